The topological polar surface area (TPSA) is 64.9 Å². The molecule has 0 unspecified atom stereocenters. The van der Waals surface area contributed by atoms with Crippen molar-refractivity contribution in [3.8, 4) is 6.07 Å². The van der Waals surface area contributed by atoms with Crippen molar-refractivity contribution in [2.75, 3.05) is 12.4 Å². The lowest BCUT2D eigenvalue weighted by molar-refractivity contribution is 0.254. The second kappa shape index (κ2) is 5.37. The number of urea groups is 1. The van der Waals surface area contributed by atoms with Gasteiger partial charge in [-0.3, -0.25) is 5.32 Å². The molecule has 0 aliphatic rings. The molecule has 5 heteroatoms. The van der Waals surface area contributed by atoms with Gasteiger partial charge in [-0.15, -0.1) is 11.3 Å². The molecule has 0 radical (unpaired) electrons. The summed E-state index contributed by atoms with van der Waals surface area (Å²) in [4.78, 5) is 11.1. The molecule has 0 saturated carbocycles. The number of hydrogen-bond acceptors (Lipinski definition) is 3. The van der Waals surface area contributed by atoms with Crippen LogP contribution in [0.2, 0.25) is 0 Å². The summed E-state index contributed by atoms with van der Waals surface area (Å²) in [6.07, 6.45) is 1.86. The van der Waals surface area contributed by atoms with Crippen molar-refractivity contribution in [2.24, 2.45) is 0 Å². The van der Waals surface area contributed by atoms with Crippen LogP contribution in [0.1, 0.15) is 24.5 Å². The lowest BCUT2D eigenvalue weighted by Crippen LogP contribution is -2.24. The Balaban J connectivity index is 2.90. The Morgan fingerprint density at radius 1 is 1.67 bits per heavy atom. The number of anilines is 1. The molecule has 0 atom stereocenters. The maximum absolute atomic E-state index is 11.1. The molecule has 0 saturated heterocycles. The van der Waals surface area contributed by atoms with Crippen molar-refractivity contribution in [1.82, 2.24) is 5.32 Å². The molecule has 4 nitrogen and oxygen atoms in total. The van der Waals surface area contributed by atoms with E-state index < -0.39 is 0 Å². The number of carbonyl (C=O) groups excluding carboxylic acids is 1. The van der Waals surface area contributed by atoms with E-state index in [0.29, 0.717) is 10.6 Å². The third-order valence-corrected chi connectivity index (χ3v) is 2.90. The summed E-state index contributed by atoms with van der Waals surface area (Å²) in [5.74, 6) is 0. The Kier molecular flexibility index (Phi) is 4.13. The molecule has 0 aromatic carbocycles. The van der Waals surface area contributed by atoms with Crippen LogP contribution in [0.3, 0.4) is 0 Å². The summed E-state index contributed by atoms with van der Waals surface area (Å²) in [5, 5.41) is 16.6. The second-order valence-corrected chi connectivity index (χ2v) is 3.91. The predicted octanol–water partition coefficient (Wildman–Crippen LogP) is 2.32. The van der Waals surface area contributed by atoms with Crippen molar-refractivity contribution in [3.05, 3.63) is 16.5 Å². The largest absolute Gasteiger partial charge is 0.341 e. The van der Waals surface area contributed by atoms with Crippen LogP contribution in [0.4, 0.5) is 9.80 Å². The fraction of sp³-hybridized carbons (Fsp3) is 0.400. The third kappa shape index (κ3) is 2.70. The van der Waals surface area contributed by atoms with Crippen LogP contribution in [0.15, 0.2) is 5.38 Å². The molecule has 15 heavy (non-hydrogen) atoms. The minimum atomic E-state index is -0.295. The maximum atomic E-state index is 11.1. The van der Waals surface area contributed by atoms with E-state index in [2.05, 4.69) is 23.6 Å². The lowest BCUT2D eigenvalue weighted by Gasteiger charge is -2.01. The van der Waals surface area contributed by atoms with Gasteiger partial charge in [-0.05, 0) is 17.4 Å². The number of rotatable bonds is 3. The quantitative estimate of drug-likeness (QED) is 0.826. The van der Waals surface area contributed by atoms with Gasteiger partial charge < -0.3 is 5.32 Å². The number of amides is 2. The number of aryl methyl sites for hydroxylation is 1. The molecule has 0 fully saturated rings. The summed E-state index contributed by atoms with van der Waals surface area (Å²) in [6.45, 7) is 2.06. The molecular formula is C10H13N3OS. The predicted molar refractivity (Wildman–Crippen MR) is 61.1 cm³/mol. The van der Waals surface area contributed by atoms with Gasteiger partial charge in [0.05, 0.1) is 5.56 Å². The standard InChI is InChI=1S/C10H13N3OS/c1-3-4-7-6-15-9(8(7)5-11)13-10(14)12-2/h6H,3-4H2,1-2H3,(H2,12,13,14). The molecule has 0 aliphatic heterocycles. The minimum Gasteiger partial charge on any atom is -0.341 e. The summed E-state index contributed by atoms with van der Waals surface area (Å²) >= 11 is 1.39. The zero-order valence-electron chi connectivity index (χ0n) is 8.76. The van der Waals surface area contributed by atoms with E-state index in [9.17, 15) is 4.79 Å². The smallest absolute Gasteiger partial charge is 0.319 e. The number of hydrogen-bond donors (Lipinski definition) is 2. The molecule has 80 valence electrons. The average molecular weight is 223 g/mol. The van der Waals surface area contributed by atoms with Crippen molar-refractivity contribution in [3.63, 3.8) is 0 Å². The van der Waals surface area contributed by atoms with E-state index in [-0.39, 0.29) is 6.03 Å². The Morgan fingerprint density at radius 3 is 2.93 bits per heavy atom. The number of nitrogens with one attached hydrogen (secondary N) is 2. The number of nitrogens with zero attached hydrogens (tertiary/aromatic N) is 1. The first-order valence-corrected chi connectivity index (χ1v) is 5.60. The molecule has 1 rings (SSSR count). The fourth-order valence-electron chi connectivity index (χ4n) is 1.23. The van der Waals surface area contributed by atoms with Crippen LogP contribution in [-0.4, -0.2) is 13.1 Å². The van der Waals surface area contributed by atoms with Gasteiger partial charge in [0.2, 0.25) is 0 Å². The first-order valence-electron chi connectivity index (χ1n) is 4.72. The SMILES string of the molecule is CCCc1csc(NC(=O)NC)c1C#N. The first-order chi connectivity index (χ1) is 7.22. The van der Waals surface area contributed by atoms with E-state index in [1.165, 1.54) is 11.3 Å². The van der Waals surface area contributed by atoms with E-state index in [0.717, 1.165) is 18.4 Å². The normalized spacial score (nSPS) is 9.40. The van der Waals surface area contributed by atoms with Crippen LogP contribution >= 0.6 is 11.3 Å². The third-order valence-electron chi connectivity index (χ3n) is 1.95. The molecule has 1 aromatic rings. The van der Waals surface area contributed by atoms with Gasteiger partial charge in [0.1, 0.15) is 11.1 Å². The molecule has 0 bridgehead atoms. The Hall–Kier alpha value is -1.54. The van der Waals surface area contributed by atoms with Gasteiger partial charge in [-0.1, -0.05) is 13.3 Å². The molecule has 1 heterocycles. The van der Waals surface area contributed by atoms with Gasteiger partial charge >= 0.3 is 6.03 Å². The summed E-state index contributed by atoms with van der Waals surface area (Å²) in [6, 6.07) is 1.83. The minimum absolute atomic E-state index is 0.295. The van der Waals surface area contributed by atoms with Crippen molar-refractivity contribution < 1.29 is 4.79 Å². The fourth-order valence-corrected chi connectivity index (χ4v) is 2.17. The van der Waals surface area contributed by atoms with E-state index in [1.807, 2.05) is 5.38 Å². The molecule has 0 aliphatic carbocycles. The zero-order valence-corrected chi connectivity index (χ0v) is 9.57. The van der Waals surface area contributed by atoms with Gasteiger partial charge in [0, 0.05) is 7.05 Å². The van der Waals surface area contributed by atoms with E-state index in [1.54, 1.807) is 7.05 Å². The average Bonchev–Trinajstić information content (AvgIpc) is 2.61. The van der Waals surface area contributed by atoms with Crippen LogP contribution < -0.4 is 10.6 Å². The highest BCUT2D eigenvalue weighted by Crippen LogP contribution is 2.28. The van der Waals surface area contributed by atoms with Crippen LogP contribution in [0, 0.1) is 11.3 Å². The number of nitriles is 1. The number of thiophene rings is 1. The Labute approximate surface area is 92.9 Å². The van der Waals surface area contributed by atoms with Gasteiger partial charge in [-0.2, -0.15) is 5.26 Å². The molecule has 1 aromatic heterocycles. The molecule has 2 N–H and O–H groups in total. The summed E-state index contributed by atoms with van der Waals surface area (Å²) in [7, 11) is 1.54. The lowest BCUT2D eigenvalue weighted by atomic mass is 10.1. The Morgan fingerprint density at radius 2 is 2.40 bits per heavy atom. The summed E-state index contributed by atoms with van der Waals surface area (Å²) < 4.78 is 0. The monoisotopic (exact) mass is 223 g/mol. The molecular weight excluding hydrogens is 210 g/mol. The van der Waals surface area contributed by atoms with Gasteiger partial charge in [0.15, 0.2) is 0 Å². The number of carbonyl (C=O) groups is 1. The zero-order chi connectivity index (χ0) is 11.3. The van der Waals surface area contributed by atoms with Crippen molar-refractivity contribution >= 4 is 22.4 Å². The highest BCUT2D eigenvalue weighted by atomic mass is 32.1. The maximum Gasteiger partial charge on any atom is 0.319 e. The van der Waals surface area contributed by atoms with Gasteiger partial charge in [-0.25, -0.2) is 4.79 Å². The Bertz CT molecular complexity index is 392. The highest BCUT2D eigenvalue weighted by molar-refractivity contribution is 7.14. The molecule has 0 spiro atoms. The first kappa shape index (κ1) is 11.5. The van der Waals surface area contributed by atoms with Gasteiger partial charge in [0.25, 0.3) is 0 Å². The van der Waals surface area contributed by atoms with E-state index >= 15 is 0 Å². The highest BCUT2D eigenvalue weighted by Gasteiger charge is 2.12. The summed E-state index contributed by atoms with van der Waals surface area (Å²) in [5.41, 5.74) is 1.60. The van der Waals surface area contributed by atoms with Crippen LogP contribution in [-0.2, 0) is 6.42 Å². The van der Waals surface area contributed by atoms with Crippen LogP contribution in [0.5, 0.6) is 0 Å². The van der Waals surface area contributed by atoms with E-state index in [4.69, 9.17) is 5.26 Å². The second-order valence-electron chi connectivity index (χ2n) is 3.03. The van der Waals surface area contributed by atoms with Crippen LogP contribution in [0.25, 0.3) is 0 Å². The molecule has 2 amide bonds. The van der Waals surface area contributed by atoms with Crippen molar-refractivity contribution in [2.45, 2.75) is 19.8 Å². The van der Waals surface area contributed by atoms with Crippen molar-refractivity contribution in [1.29, 1.82) is 5.26 Å².